The Bertz CT molecular complexity index is 366. The molecule has 2 rings (SSSR count). The van der Waals surface area contributed by atoms with Crippen molar-refractivity contribution < 1.29 is 10.0 Å². The van der Waals surface area contributed by atoms with Crippen LogP contribution >= 0.6 is 11.3 Å². The topological polar surface area (TPSA) is 79.7 Å². The lowest BCUT2D eigenvalue weighted by Gasteiger charge is -2.24. The Morgan fingerprint density at radius 1 is 1.60 bits per heavy atom. The third kappa shape index (κ3) is 2.09. The van der Waals surface area contributed by atoms with Crippen molar-refractivity contribution in [3.05, 3.63) is 11.4 Å². The number of hydrogen-bond donors (Lipinski definition) is 1. The van der Waals surface area contributed by atoms with Crippen LogP contribution in [0.5, 0.6) is 0 Å². The number of amides is 1. The molecule has 1 amide bonds. The average molecular weight is 228 g/mol. The van der Waals surface area contributed by atoms with Crippen molar-refractivity contribution in [2.24, 2.45) is 0 Å². The molecule has 0 aliphatic carbocycles. The van der Waals surface area contributed by atoms with E-state index in [1.807, 2.05) is 0 Å². The number of rotatable bonds is 2. The number of thiazole rings is 1. The summed E-state index contributed by atoms with van der Waals surface area (Å²) in [5, 5.41) is 19.5. The van der Waals surface area contributed by atoms with Gasteiger partial charge in [-0.05, 0) is 12.8 Å². The molecule has 1 fully saturated rings. The SMILES string of the molecule is O=C1CCCCN1c1ncc(N([O-])O)s1. The largest absolute Gasteiger partial charge is 0.733 e. The van der Waals surface area contributed by atoms with Gasteiger partial charge in [0.15, 0.2) is 5.13 Å². The van der Waals surface area contributed by atoms with Crippen molar-refractivity contribution in [2.75, 3.05) is 16.7 Å². The lowest BCUT2D eigenvalue weighted by molar-refractivity contribution is -0.119. The van der Waals surface area contributed by atoms with Gasteiger partial charge >= 0.3 is 0 Å². The molecule has 1 aliphatic rings. The molecular weight excluding hydrogens is 218 g/mol. The van der Waals surface area contributed by atoms with E-state index in [9.17, 15) is 10.0 Å². The molecule has 6 nitrogen and oxygen atoms in total. The highest BCUT2D eigenvalue weighted by atomic mass is 32.1. The fraction of sp³-hybridized carbons (Fsp3) is 0.500. The standard InChI is InChI=1S/C8H10N3O3S/c12-6-3-1-2-4-10(6)8-9-5-7(15-8)11(13)14/h5,13H,1-4H2/q-1. The van der Waals surface area contributed by atoms with E-state index in [1.54, 1.807) is 4.90 Å². The van der Waals surface area contributed by atoms with Crippen LogP contribution in [-0.4, -0.2) is 22.6 Å². The number of carbonyl (C=O) groups is 1. The maximum Gasteiger partial charge on any atom is 0.228 e. The molecule has 1 aromatic rings. The van der Waals surface area contributed by atoms with E-state index < -0.39 is 0 Å². The molecule has 0 aromatic carbocycles. The zero-order chi connectivity index (χ0) is 10.8. The molecule has 1 aromatic heterocycles. The van der Waals surface area contributed by atoms with Crippen LogP contribution in [0.2, 0.25) is 0 Å². The third-order valence-electron chi connectivity index (χ3n) is 2.22. The zero-order valence-electron chi connectivity index (χ0n) is 7.92. The summed E-state index contributed by atoms with van der Waals surface area (Å²) in [4.78, 5) is 17.0. The Hall–Kier alpha value is -1.18. The molecule has 82 valence electrons. The highest BCUT2D eigenvalue weighted by Gasteiger charge is 2.22. The first-order valence-electron chi connectivity index (χ1n) is 4.61. The van der Waals surface area contributed by atoms with E-state index in [-0.39, 0.29) is 16.1 Å². The van der Waals surface area contributed by atoms with Crippen molar-refractivity contribution >= 4 is 27.4 Å². The van der Waals surface area contributed by atoms with Gasteiger partial charge in [0.05, 0.1) is 6.20 Å². The van der Waals surface area contributed by atoms with Gasteiger partial charge in [0.1, 0.15) is 5.00 Å². The Balaban J connectivity index is 2.17. The van der Waals surface area contributed by atoms with Crippen molar-refractivity contribution in [3.8, 4) is 0 Å². The van der Waals surface area contributed by atoms with Crippen LogP contribution in [0, 0.1) is 5.21 Å². The lowest BCUT2D eigenvalue weighted by atomic mass is 10.1. The third-order valence-corrected chi connectivity index (χ3v) is 3.20. The van der Waals surface area contributed by atoms with Gasteiger partial charge in [-0.2, -0.15) is 0 Å². The molecule has 0 atom stereocenters. The molecule has 0 radical (unpaired) electrons. The molecule has 7 heteroatoms. The fourth-order valence-corrected chi connectivity index (χ4v) is 2.26. The number of aromatic nitrogens is 1. The maximum absolute atomic E-state index is 11.5. The van der Waals surface area contributed by atoms with Crippen molar-refractivity contribution in [3.63, 3.8) is 0 Å². The summed E-state index contributed by atoms with van der Waals surface area (Å²) in [6, 6.07) is 0. The number of nitrogens with zero attached hydrogens (tertiary/aromatic N) is 3. The highest BCUT2D eigenvalue weighted by Crippen LogP contribution is 2.30. The van der Waals surface area contributed by atoms with Gasteiger partial charge < -0.3 is 10.4 Å². The first-order valence-corrected chi connectivity index (χ1v) is 5.42. The van der Waals surface area contributed by atoms with E-state index in [2.05, 4.69) is 4.98 Å². The van der Waals surface area contributed by atoms with Gasteiger partial charge in [-0.25, -0.2) is 4.98 Å². The molecule has 1 saturated heterocycles. The summed E-state index contributed by atoms with van der Waals surface area (Å²) < 4.78 is 0. The Kier molecular flexibility index (Phi) is 2.85. The predicted molar refractivity (Wildman–Crippen MR) is 56.0 cm³/mol. The number of carbonyl (C=O) groups excluding carboxylic acids is 1. The van der Waals surface area contributed by atoms with Gasteiger partial charge in [-0.1, -0.05) is 11.3 Å². The number of anilines is 2. The van der Waals surface area contributed by atoms with E-state index in [1.165, 1.54) is 6.20 Å². The van der Waals surface area contributed by atoms with Crippen LogP contribution in [0.3, 0.4) is 0 Å². The summed E-state index contributed by atoms with van der Waals surface area (Å²) in [7, 11) is 0. The summed E-state index contributed by atoms with van der Waals surface area (Å²) in [5.74, 6) is 0.0255. The summed E-state index contributed by atoms with van der Waals surface area (Å²) in [5.41, 5.74) is 0. The second-order valence-electron chi connectivity index (χ2n) is 3.26. The van der Waals surface area contributed by atoms with Crippen LogP contribution in [0.1, 0.15) is 19.3 Å². The minimum atomic E-state index is -0.240. The van der Waals surface area contributed by atoms with Gasteiger partial charge in [0.2, 0.25) is 5.91 Å². The van der Waals surface area contributed by atoms with Gasteiger partial charge in [-0.3, -0.25) is 14.9 Å². The Morgan fingerprint density at radius 2 is 2.40 bits per heavy atom. The molecule has 1 N–H and O–H groups in total. The van der Waals surface area contributed by atoms with Crippen LogP contribution in [0.15, 0.2) is 6.20 Å². The molecule has 1 aliphatic heterocycles. The molecular formula is C8H10N3O3S-. The predicted octanol–water partition coefficient (Wildman–Crippen LogP) is 1.35. The first kappa shape index (κ1) is 10.3. The Labute approximate surface area is 90.3 Å². The molecule has 2 heterocycles. The van der Waals surface area contributed by atoms with E-state index in [0.29, 0.717) is 18.1 Å². The van der Waals surface area contributed by atoms with Gasteiger partial charge in [-0.15, -0.1) is 0 Å². The summed E-state index contributed by atoms with van der Waals surface area (Å²) >= 11 is 1.01. The lowest BCUT2D eigenvalue weighted by Crippen LogP contribution is -2.34. The van der Waals surface area contributed by atoms with E-state index >= 15 is 0 Å². The van der Waals surface area contributed by atoms with Crippen LogP contribution in [-0.2, 0) is 4.79 Å². The normalized spacial score (nSPS) is 16.9. The minimum Gasteiger partial charge on any atom is -0.733 e. The Morgan fingerprint density at radius 3 is 3.00 bits per heavy atom. The fourth-order valence-electron chi connectivity index (χ4n) is 1.48. The van der Waals surface area contributed by atoms with Crippen LogP contribution in [0.4, 0.5) is 10.1 Å². The minimum absolute atomic E-state index is 0.0255. The summed E-state index contributed by atoms with van der Waals surface area (Å²) in [6.45, 7) is 0.635. The second-order valence-corrected chi connectivity index (χ2v) is 4.24. The number of hydrogen-bond acceptors (Lipinski definition) is 6. The van der Waals surface area contributed by atoms with Crippen molar-refractivity contribution in [1.82, 2.24) is 4.98 Å². The molecule has 15 heavy (non-hydrogen) atoms. The maximum atomic E-state index is 11.5. The highest BCUT2D eigenvalue weighted by molar-refractivity contribution is 7.19. The zero-order valence-corrected chi connectivity index (χ0v) is 8.74. The molecule has 0 bridgehead atoms. The van der Waals surface area contributed by atoms with E-state index in [0.717, 1.165) is 24.2 Å². The molecule has 0 unspecified atom stereocenters. The van der Waals surface area contributed by atoms with Gasteiger partial charge in [0.25, 0.3) is 0 Å². The summed E-state index contributed by atoms with van der Waals surface area (Å²) in [6.07, 6.45) is 3.63. The monoisotopic (exact) mass is 228 g/mol. The van der Waals surface area contributed by atoms with Crippen molar-refractivity contribution in [2.45, 2.75) is 19.3 Å². The smallest absolute Gasteiger partial charge is 0.228 e. The quantitative estimate of drug-likeness (QED) is 0.773. The van der Waals surface area contributed by atoms with Gasteiger partial charge in [0, 0.05) is 13.0 Å². The molecule has 0 spiro atoms. The number of piperidine rings is 1. The van der Waals surface area contributed by atoms with Crippen molar-refractivity contribution in [1.29, 1.82) is 0 Å². The first-order chi connectivity index (χ1) is 7.18. The van der Waals surface area contributed by atoms with Crippen LogP contribution in [0.25, 0.3) is 0 Å². The van der Waals surface area contributed by atoms with E-state index in [4.69, 9.17) is 5.21 Å². The second kappa shape index (κ2) is 4.13. The average Bonchev–Trinajstić information content (AvgIpc) is 2.67. The van der Waals surface area contributed by atoms with Crippen LogP contribution < -0.4 is 10.1 Å². The molecule has 0 saturated carbocycles.